The van der Waals surface area contributed by atoms with E-state index in [1.54, 1.807) is 18.2 Å². The van der Waals surface area contributed by atoms with Gasteiger partial charge in [-0.05, 0) is 31.4 Å². The molecule has 0 radical (unpaired) electrons. The zero-order valence-electron chi connectivity index (χ0n) is 10.4. The van der Waals surface area contributed by atoms with Crippen molar-refractivity contribution in [2.24, 2.45) is 0 Å². The molecule has 1 unspecified atom stereocenters. The van der Waals surface area contributed by atoms with Crippen LogP contribution in [-0.4, -0.2) is 30.9 Å². The first kappa shape index (κ1) is 12.6. The number of anilines is 1. The van der Waals surface area contributed by atoms with Crippen molar-refractivity contribution in [3.05, 3.63) is 28.8 Å². The van der Waals surface area contributed by atoms with Crippen LogP contribution in [0.25, 0.3) is 0 Å². The first-order chi connectivity index (χ1) is 9.18. The van der Waals surface area contributed by atoms with E-state index < -0.39 is 11.7 Å². The van der Waals surface area contributed by atoms with Gasteiger partial charge in [-0.3, -0.25) is 9.59 Å². The van der Waals surface area contributed by atoms with E-state index in [9.17, 15) is 9.59 Å². The summed E-state index contributed by atoms with van der Waals surface area (Å²) >= 11 is 6.00. The summed E-state index contributed by atoms with van der Waals surface area (Å²) in [4.78, 5) is 25.4. The predicted octanol–water partition coefficient (Wildman–Crippen LogP) is 2.44. The Kier molecular flexibility index (Phi) is 3.29. The number of carbonyl (C=O) groups excluding carboxylic acids is 2. The molecule has 4 nitrogen and oxygen atoms in total. The molecule has 100 valence electrons. The van der Waals surface area contributed by atoms with Gasteiger partial charge in [-0.2, -0.15) is 0 Å². The maximum absolute atomic E-state index is 12.0. The van der Waals surface area contributed by atoms with E-state index in [1.165, 1.54) is 4.90 Å². The lowest BCUT2D eigenvalue weighted by molar-refractivity contribution is -0.114. The average Bonchev–Trinajstić information content (AvgIpc) is 2.98. The van der Waals surface area contributed by atoms with Crippen LogP contribution in [0.2, 0.25) is 5.02 Å². The summed E-state index contributed by atoms with van der Waals surface area (Å²) < 4.78 is 5.54. The van der Waals surface area contributed by atoms with Crippen molar-refractivity contribution >= 4 is 29.0 Å². The standard InChI is InChI=1S/C14H14ClNO3/c15-10-4-1-5-11-12(10)13(17)14(18)16(11)7-6-9-3-2-8-19-9/h1,4-5,9H,2-3,6-8H2. The van der Waals surface area contributed by atoms with Crippen LogP contribution in [-0.2, 0) is 9.53 Å². The fourth-order valence-electron chi connectivity index (χ4n) is 2.67. The molecule has 0 aliphatic carbocycles. The number of hydrogen-bond acceptors (Lipinski definition) is 3. The Morgan fingerprint density at radius 1 is 1.37 bits per heavy atom. The lowest BCUT2D eigenvalue weighted by atomic mass is 10.1. The van der Waals surface area contributed by atoms with Crippen LogP contribution >= 0.6 is 11.6 Å². The fourth-order valence-corrected chi connectivity index (χ4v) is 2.92. The van der Waals surface area contributed by atoms with Crippen molar-refractivity contribution in [1.29, 1.82) is 0 Å². The highest BCUT2D eigenvalue weighted by Gasteiger charge is 2.37. The summed E-state index contributed by atoms with van der Waals surface area (Å²) in [6, 6.07) is 5.15. The SMILES string of the molecule is O=C1C(=O)N(CCC2CCCO2)c2cccc(Cl)c21. The number of rotatable bonds is 3. The van der Waals surface area contributed by atoms with E-state index in [4.69, 9.17) is 16.3 Å². The molecule has 1 atom stereocenters. The first-order valence-electron chi connectivity index (χ1n) is 6.45. The molecule has 0 spiro atoms. The predicted molar refractivity (Wildman–Crippen MR) is 71.7 cm³/mol. The van der Waals surface area contributed by atoms with Crippen molar-refractivity contribution in [1.82, 2.24) is 0 Å². The van der Waals surface area contributed by atoms with Crippen LogP contribution < -0.4 is 4.90 Å². The summed E-state index contributed by atoms with van der Waals surface area (Å²) in [7, 11) is 0. The normalized spacial score (nSPS) is 22.2. The highest BCUT2D eigenvalue weighted by Crippen LogP contribution is 2.34. The molecule has 1 amide bonds. The van der Waals surface area contributed by atoms with Crippen LogP contribution in [0, 0.1) is 0 Å². The molecule has 3 rings (SSSR count). The molecule has 1 aromatic carbocycles. The minimum absolute atomic E-state index is 0.200. The van der Waals surface area contributed by atoms with E-state index >= 15 is 0 Å². The van der Waals surface area contributed by atoms with Gasteiger partial charge in [0.15, 0.2) is 0 Å². The van der Waals surface area contributed by atoms with Crippen molar-refractivity contribution in [3.8, 4) is 0 Å². The number of Topliss-reactive ketones (excluding diaryl/α,β-unsaturated/α-hetero) is 1. The zero-order chi connectivity index (χ0) is 13.4. The molecule has 1 aromatic rings. The fraction of sp³-hybridized carbons (Fsp3) is 0.429. The van der Waals surface area contributed by atoms with Crippen LogP contribution in [0.15, 0.2) is 18.2 Å². The lowest BCUT2D eigenvalue weighted by Crippen LogP contribution is -2.32. The first-order valence-corrected chi connectivity index (χ1v) is 6.82. The Labute approximate surface area is 116 Å². The highest BCUT2D eigenvalue weighted by atomic mass is 35.5. The summed E-state index contributed by atoms with van der Waals surface area (Å²) in [5.41, 5.74) is 0.960. The molecule has 5 heteroatoms. The topological polar surface area (TPSA) is 46.6 Å². The minimum atomic E-state index is -0.507. The van der Waals surface area contributed by atoms with Crippen LogP contribution in [0.4, 0.5) is 5.69 Å². The van der Waals surface area contributed by atoms with Crippen LogP contribution in [0.3, 0.4) is 0 Å². The van der Waals surface area contributed by atoms with Crippen molar-refractivity contribution in [3.63, 3.8) is 0 Å². The third-order valence-electron chi connectivity index (χ3n) is 3.65. The van der Waals surface area contributed by atoms with Gasteiger partial charge < -0.3 is 9.64 Å². The van der Waals surface area contributed by atoms with E-state index in [1.807, 2.05) is 0 Å². The van der Waals surface area contributed by atoms with Gasteiger partial charge in [-0.25, -0.2) is 0 Å². The van der Waals surface area contributed by atoms with Gasteiger partial charge in [0.25, 0.3) is 11.7 Å². The Hall–Kier alpha value is -1.39. The largest absolute Gasteiger partial charge is 0.378 e. The van der Waals surface area contributed by atoms with E-state index in [2.05, 4.69) is 0 Å². The number of hydrogen-bond donors (Lipinski definition) is 0. The maximum atomic E-state index is 12.0. The molecule has 1 fully saturated rings. The third kappa shape index (κ3) is 2.15. The second-order valence-electron chi connectivity index (χ2n) is 4.84. The molecular weight excluding hydrogens is 266 g/mol. The average molecular weight is 280 g/mol. The highest BCUT2D eigenvalue weighted by molar-refractivity contribution is 6.55. The van der Waals surface area contributed by atoms with Crippen LogP contribution in [0.5, 0.6) is 0 Å². The summed E-state index contributed by atoms with van der Waals surface area (Å²) in [6.07, 6.45) is 3.05. The molecule has 2 aliphatic rings. The molecule has 2 heterocycles. The van der Waals surface area contributed by atoms with Gasteiger partial charge >= 0.3 is 0 Å². The van der Waals surface area contributed by atoms with Gasteiger partial charge in [-0.1, -0.05) is 17.7 Å². The molecule has 2 aliphatic heterocycles. The van der Waals surface area contributed by atoms with Gasteiger partial charge in [0.1, 0.15) is 0 Å². The number of ketones is 1. The minimum Gasteiger partial charge on any atom is -0.378 e. The zero-order valence-corrected chi connectivity index (χ0v) is 11.2. The summed E-state index contributed by atoms with van der Waals surface area (Å²) in [5.74, 6) is -0.992. The van der Waals surface area contributed by atoms with E-state index in [-0.39, 0.29) is 6.10 Å². The van der Waals surface area contributed by atoms with Gasteiger partial charge in [0, 0.05) is 13.2 Å². The Morgan fingerprint density at radius 3 is 2.95 bits per heavy atom. The Morgan fingerprint density at radius 2 is 2.21 bits per heavy atom. The van der Waals surface area contributed by atoms with Gasteiger partial charge in [-0.15, -0.1) is 0 Å². The molecule has 0 bridgehead atoms. The summed E-state index contributed by atoms with van der Waals surface area (Å²) in [5, 5.41) is 0.343. The number of halogens is 1. The number of ether oxygens (including phenoxy) is 1. The smallest absolute Gasteiger partial charge is 0.299 e. The number of benzene rings is 1. The van der Waals surface area contributed by atoms with E-state index in [0.717, 1.165) is 25.9 Å². The monoisotopic (exact) mass is 279 g/mol. The Bertz CT molecular complexity index is 537. The second-order valence-corrected chi connectivity index (χ2v) is 5.25. The maximum Gasteiger partial charge on any atom is 0.299 e. The van der Waals surface area contributed by atoms with Crippen LogP contribution in [0.1, 0.15) is 29.6 Å². The van der Waals surface area contributed by atoms with Gasteiger partial charge in [0.2, 0.25) is 0 Å². The molecule has 0 saturated carbocycles. The molecule has 0 aromatic heterocycles. The van der Waals surface area contributed by atoms with Crippen molar-refractivity contribution in [2.75, 3.05) is 18.1 Å². The van der Waals surface area contributed by atoms with Crippen molar-refractivity contribution < 1.29 is 14.3 Å². The quantitative estimate of drug-likeness (QED) is 0.799. The molecule has 19 heavy (non-hydrogen) atoms. The Balaban J connectivity index is 1.81. The lowest BCUT2D eigenvalue weighted by Gasteiger charge is -2.18. The third-order valence-corrected chi connectivity index (χ3v) is 3.96. The summed E-state index contributed by atoms with van der Waals surface area (Å²) in [6.45, 7) is 1.29. The van der Waals surface area contributed by atoms with Crippen molar-refractivity contribution in [2.45, 2.75) is 25.4 Å². The number of nitrogens with zero attached hydrogens (tertiary/aromatic N) is 1. The van der Waals surface area contributed by atoms with Gasteiger partial charge in [0.05, 0.1) is 22.4 Å². The molecule has 1 saturated heterocycles. The number of carbonyl (C=O) groups is 2. The molecule has 0 N–H and O–H groups in total. The van der Waals surface area contributed by atoms with E-state index in [0.29, 0.717) is 22.8 Å². The second kappa shape index (κ2) is 4.94. The molecular formula is C14H14ClNO3. The number of amides is 1. The number of fused-ring (bicyclic) bond motifs is 1.